The summed E-state index contributed by atoms with van der Waals surface area (Å²) in [6, 6.07) is 1.50. The first-order chi connectivity index (χ1) is 6.43. The zero-order valence-corrected chi connectivity index (χ0v) is 13.5. The molecule has 0 amide bonds. The van der Waals surface area contributed by atoms with E-state index >= 15 is 0 Å². The quantitative estimate of drug-likeness (QED) is 0.739. The molecule has 3 heteroatoms. The fraction of sp³-hybridized carbons (Fsp3) is 1.00. The van der Waals surface area contributed by atoms with Crippen LogP contribution in [-0.2, 0) is 0 Å². The number of hydrogen-bond donors (Lipinski definition) is 0. The van der Waals surface area contributed by atoms with Crippen molar-refractivity contribution in [3.8, 4) is 0 Å². The fourth-order valence-electron chi connectivity index (χ4n) is 2.90. The van der Waals surface area contributed by atoms with Crippen LogP contribution in [0.5, 0.6) is 0 Å². The van der Waals surface area contributed by atoms with Gasteiger partial charge in [-0.1, -0.05) is 0 Å². The van der Waals surface area contributed by atoms with E-state index in [1.54, 1.807) is 0 Å². The molecule has 2 nitrogen and oxygen atoms in total. The van der Waals surface area contributed by atoms with Crippen molar-refractivity contribution in [2.24, 2.45) is 0 Å². The van der Waals surface area contributed by atoms with E-state index in [1.807, 2.05) is 0 Å². The molecule has 0 aliphatic carbocycles. The molecule has 0 unspecified atom stereocenters. The van der Waals surface area contributed by atoms with Gasteiger partial charge in [-0.3, -0.25) is 0 Å². The maximum atomic E-state index is 2.84. The number of hydrogen-bond acceptors (Lipinski definition) is 2. The van der Waals surface area contributed by atoms with E-state index in [1.165, 1.54) is 17.5 Å². The van der Waals surface area contributed by atoms with Gasteiger partial charge < -0.3 is 0 Å². The third-order valence-electron chi connectivity index (χ3n) is 3.74. The molecule has 0 spiro atoms. The molecular formula is C11H26N2Sn. The van der Waals surface area contributed by atoms with Crippen molar-refractivity contribution >= 4 is 18.9 Å². The van der Waals surface area contributed by atoms with Gasteiger partial charge in [-0.25, -0.2) is 0 Å². The van der Waals surface area contributed by atoms with Gasteiger partial charge in [0.1, 0.15) is 0 Å². The van der Waals surface area contributed by atoms with E-state index in [2.05, 4.69) is 45.8 Å². The second-order valence-electron chi connectivity index (χ2n) is 5.14. The standard InChI is InChI=1S/C8H18N2.C2H5.CH3.Sn/c1-7(2)9-5-6-10-8(3)4;1-2;;/h7-8H,5-6H2,1-4H3;1H2,2H3;1H3;/q-2;;;+2. The fourth-order valence-corrected chi connectivity index (χ4v) is 15.8. The molecule has 1 rings (SSSR count). The molecule has 84 valence electrons. The molecule has 0 bridgehead atoms. The molecule has 0 N–H and O–H groups in total. The minimum absolute atomic E-state index is 0.750. The summed E-state index contributed by atoms with van der Waals surface area (Å²) in [6.45, 7) is 14.4. The first-order valence-corrected chi connectivity index (χ1v) is 13.4. The topological polar surface area (TPSA) is 6.48 Å². The summed E-state index contributed by atoms with van der Waals surface area (Å²) < 4.78 is 7.11. The summed E-state index contributed by atoms with van der Waals surface area (Å²) in [5.74, 6) is 0. The molecule has 14 heavy (non-hydrogen) atoms. The molecule has 0 aromatic carbocycles. The normalized spacial score (nSPS) is 24.0. The molecule has 0 aromatic rings. The Hall–Kier alpha value is 0.719. The monoisotopic (exact) mass is 306 g/mol. The minimum atomic E-state index is -2.08. The van der Waals surface area contributed by atoms with Gasteiger partial charge in [0.15, 0.2) is 0 Å². The summed E-state index contributed by atoms with van der Waals surface area (Å²) in [5, 5.41) is 0. The van der Waals surface area contributed by atoms with Crippen molar-refractivity contribution < 1.29 is 0 Å². The average Bonchev–Trinajstić information content (AvgIpc) is 2.43. The Morgan fingerprint density at radius 1 is 1.00 bits per heavy atom. The van der Waals surface area contributed by atoms with Crippen molar-refractivity contribution in [1.29, 1.82) is 0 Å². The number of nitrogens with zero attached hydrogens (tertiary/aromatic N) is 2. The molecule has 0 aromatic heterocycles. The molecule has 0 atom stereocenters. The van der Waals surface area contributed by atoms with Crippen LogP contribution in [0.2, 0.25) is 9.38 Å². The van der Waals surface area contributed by atoms with E-state index < -0.39 is 18.9 Å². The molecule has 0 radical (unpaired) electrons. The van der Waals surface area contributed by atoms with Crippen LogP contribution in [0.4, 0.5) is 0 Å². The van der Waals surface area contributed by atoms with Crippen molar-refractivity contribution in [2.75, 3.05) is 13.1 Å². The Kier molecular flexibility index (Phi) is 4.30. The van der Waals surface area contributed by atoms with Crippen LogP contribution >= 0.6 is 0 Å². The molecule has 0 saturated carbocycles. The van der Waals surface area contributed by atoms with Gasteiger partial charge in [0.2, 0.25) is 0 Å². The predicted octanol–water partition coefficient (Wildman–Crippen LogP) is 2.51. The summed E-state index contributed by atoms with van der Waals surface area (Å²) in [6.07, 6.45) is 0. The van der Waals surface area contributed by atoms with Crippen molar-refractivity contribution in [3.05, 3.63) is 0 Å². The van der Waals surface area contributed by atoms with Crippen LogP contribution in [0, 0.1) is 0 Å². The third kappa shape index (κ3) is 2.12. The van der Waals surface area contributed by atoms with Gasteiger partial charge in [0.25, 0.3) is 0 Å². The first-order valence-electron chi connectivity index (χ1n) is 5.97. The molecule has 1 heterocycles. The van der Waals surface area contributed by atoms with Gasteiger partial charge in [-0.15, -0.1) is 0 Å². The predicted molar refractivity (Wildman–Crippen MR) is 65.8 cm³/mol. The van der Waals surface area contributed by atoms with Gasteiger partial charge in [0, 0.05) is 0 Å². The van der Waals surface area contributed by atoms with Crippen LogP contribution in [0.15, 0.2) is 0 Å². The summed E-state index contributed by atoms with van der Waals surface area (Å²) in [7, 11) is 0. The van der Waals surface area contributed by atoms with E-state index in [4.69, 9.17) is 0 Å². The van der Waals surface area contributed by atoms with Crippen LogP contribution in [-0.4, -0.2) is 50.3 Å². The molecular weight excluding hydrogens is 279 g/mol. The summed E-state index contributed by atoms with van der Waals surface area (Å²) in [5.41, 5.74) is 0. The zero-order chi connectivity index (χ0) is 10.9. The second-order valence-corrected chi connectivity index (χ2v) is 17.4. The van der Waals surface area contributed by atoms with Gasteiger partial charge in [-0.05, 0) is 0 Å². The Bertz CT molecular complexity index is 176. The van der Waals surface area contributed by atoms with E-state index in [-0.39, 0.29) is 0 Å². The van der Waals surface area contributed by atoms with E-state index in [9.17, 15) is 0 Å². The van der Waals surface area contributed by atoms with Crippen LogP contribution in [0.3, 0.4) is 0 Å². The second kappa shape index (κ2) is 4.70. The zero-order valence-electron chi connectivity index (χ0n) is 10.7. The van der Waals surface area contributed by atoms with E-state index in [0.29, 0.717) is 0 Å². The Balaban J connectivity index is 2.85. The molecule has 1 aliphatic heterocycles. The Morgan fingerprint density at radius 3 is 1.57 bits per heavy atom. The molecule has 1 fully saturated rings. The molecule has 1 saturated heterocycles. The Morgan fingerprint density at radius 2 is 1.36 bits per heavy atom. The SMILES string of the molecule is C[CH2][Sn]1([CH3])[N](C(C)C)CC[N]1C(C)C. The maximum absolute atomic E-state index is 2.84. The Labute approximate surface area is 94.2 Å². The average molecular weight is 305 g/mol. The van der Waals surface area contributed by atoms with Crippen LogP contribution < -0.4 is 0 Å². The van der Waals surface area contributed by atoms with Crippen LogP contribution in [0.1, 0.15) is 34.6 Å². The van der Waals surface area contributed by atoms with Crippen molar-refractivity contribution in [1.82, 2.24) is 6.24 Å². The van der Waals surface area contributed by atoms with Crippen molar-refractivity contribution in [3.63, 3.8) is 0 Å². The van der Waals surface area contributed by atoms with Crippen molar-refractivity contribution in [2.45, 2.75) is 56.1 Å². The third-order valence-corrected chi connectivity index (χ3v) is 18.8. The van der Waals surface area contributed by atoms with E-state index in [0.717, 1.165) is 12.1 Å². The first kappa shape index (κ1) is 12.8. The number of rotatable bonds is 3. The van der Waals surface area contributed by atoms with Gasteiger partial charge in [0.05, 0.1) is 0 Å². The summed E-state index contributed by atoms with van der Waals surface area (Å²) in [4.78, 5) is 2.60. The molecule has 1 aliphatic rings. The van der Waals surface area contributed by atoms with Crippen LogP contribution in [0.25, 0.3) is 0 Å². The van der Waals surface area contributed by atoms with Gasteiger partial charge >= 0.3 is 94.3 Å². The van der Waals surface area contributed by atoms with Gasteiger partial charge in [-0.2, -0.15) is 0 Å². The summed E-state index contributed by atoms with van der Waals surface area (Å²) >= 11 is -2.08.